The zero-order valence-corrected chi connectivity index (χ0v) is 8.77. The van der Waals surface area contributed by atoms with E-state index in [-0.39, 0.29) is 11.4 Å². The van der Waals surface area contributed by atoms with Gasteiger partial charge >= 0.3 is 5.97 Å². The summed E-state index contributed by atoms with van der Waals surface area (Å²) in [7, 11) is 1.23. The molecule has 4 heteroatoms. The number of benzene rings is 1. The van der Waals surface area contributed by atoms with E-state index in [1.165, 1.54) is 19.2 Å². The van der Waals surface area contributed by atoms with Crippen molar-refractivity contribution in [2.24, 2.45) is 0 Å². The molecule has 0 heterocycles. The minimum atomic E-state index is -0.594. The molecule has 0 saturated carbocycles. The molecule has 0 spiro atoms. The number of esters is 1. The Kier molecular flexibility index (Phi) is 4.14. The van der Waals surface area contributed by atoms with Crippen molar-refractivity contribution >= 4 is 17.6 Å². The summed E-state index contributed by atoms with van der Waals surface area (Å²) >= 11 is 5.36. The van der Waals surface area contributed by atoms with E-state index in [2.05, 4.69) is 16.6 Å². The second kappa shape index (κ2) is 5.38. The van der Waals surface area contributed by atoms with Gasteiger partial charge in [0.25, 0.3) is 0 Å². The van der Waals surface area contributed by atoms with Gasteiger partial charge in [-0.1, -0.05) is 11.8 Å². The Hall–Kier alpha value is -1.53. The molecule has 0 saturated heterocycles. The average Bonchev–Trinajstić information content (AvgIpc) is 2.24. The smallest absolute Gasteiger partial charge is 0.337 e. The Morgan fingerprint density at radius 3 is 2.87 bits per heavy atom. The standard InChI is InChI=1S/C11H8ClFO2/c1-15-11(14)9-5-8(3-2-4-12)6-10(13)7-9/h5-7H,4H2,1H3. The maximum absolute atomic E-state index is 13.0. The van der Waals surface area contributed by atoms with Gasteiger partial charge in [0.2, 0.25) is 0 Å². The van der Waals surface area contributed by atoms with Crippen LogP contribution in [0.2, 0.25) is 0 Å². The second-order valence-corrected chi connectivity index (χ2v) is 2.92. The van der Waals surface area contributed by atoms with Crippen LogP contribution >= 0.6 is 11.6 Å². The van der Waals surface area contributed by atoms with E-state index < -0.39 is 11.8 Å². The summed E-state index contributed by atoms with van der Waals surface area (Å²) in [6.45, 7) is 0. The van der Waals surface area contributed by atoms with E-state index in [9.17, 15) is 9.18 Å². The fourth-order valence-electron chi connectivity index (χ4n) is 1.03. The third-order valence-electron chi connectivity index (χ3n) is 1.62. The van der Waals surface area contributed by atoms with Crippen LogP contribution < -0.4 is 0 Å². The molecule has 0 radical (unpaired) electrons. The first-order chi connectivity index (χ1) is 7.17. The van der Waals surface area contributed by atoms with Crippen LogP contribution in [0.25, 0.3) is 0 Å². The fraction of sp³-hybridized carbons (Fsp3) is 0.182. The van der Waals surface area contributed by atoms with Crippen molar-refractivity contribution < 1.29 is 13.9 Å². The number of carbonyl (C=O) groups excluding carboxylic acids is 1. The number of carbonyl (C=O) groups is 1. The van der Waals surface area contributed by atoms with E-state index in [0.29, 0.717) is 5.56 Å². The fourth-order valence-corrected chi connectivity index (χ4v) is 1.10. The highest BCUT2D eigenvalue weighted by Crippen LogP contribution is 2.09. The van der Waals surface area contributed by atoms with Gasteiger partial charge in [0.1, 0.15) is 5.82 Å². The van der Waals surface area contributed by atoms with Gasteiger partial charge in [-0.2, -0.15) is 0 Å². The van der Waals surface area contributed by atoms with E-state index in [4.69, 9.17) is 11.6 Å². The Morgan fingerprint density at radius 2 is 2.27 bits per heavy atom. The summed E-state index contributed by atoms with van der Waals surface area (Å²) in [5, 5.41) is 0. The van der Waals surface area contributed by atoms with Crippen molar-refractivity contribution in [2.45, 2.75) is 0 Å². The topological polar surface area (TPSA) is 26.3 Å². The first kappa shape index (κ1) is 11.5. The molecule has 0 N–H and O–H groups in total. The molecule has 1 aromatic rings. The Balaban J connectivity index is 3.10. The molecule has 0 aliphatic rings. The summed E-state index contributed by atoms with van der Waals surface area (Å²) in [5.41, 5.74) is 0.535. The lowest BCUT2D eigenvalue weighted by Crippen LogP contribution is -2.02. The van der Waals surface area contributed by atoms with Gasteiger partial charge in [-0.05, 0) is 18.2 Å². The van der Waals surface area contributed by atoms with E-state index in [0.717, 1.165) is 6.07 Å². The molecule has 0 atom stereocenters. The predicted octanol–water partition coefficient (Wildman–Crippen LogP) is 2.20. The van der Waals surface area contributed by atoms with Crippen molar-refractivity contribution in [2.75, 3.05) is 13.0 Å². The van der Waals surface area contributed by atoms with Crippen LogP contribution in [0.3, 0.4) is 0 Å². The molecule has 1 rings (SSSR count). The molecule has 0 bridgehead atoms. The van der Waals surface area contributed by atoms with Gasteiger partial charge in [-0.15, -0.1) is 11.6 Å². The minimum Gasteiger partial charge on any atom is -0.465 e. The number of halogens is 2. The van der Waals surface area contributed by atoms with Crippen LogP contribution in [0.1, 0.15) is 15.9 Å². The minimum absolute atomic E-state index is 0.136. The van der Waals surface area contributed by atoms with Crippen molar-refractivity contribution in [1.29, 1.82) is 0 Å². The van der Waals surface area contributed by atoms with Gasteiger partial charge < -0.3 is 4.74 Å². The first-order valence-corrected chi connectivity index (χ1v) is 4.64. The molecule has 0 amide bonds. The monoisotopic (exact) mass is 226 g/mol. The molecule has 78 valence electrons. The second-order valence-electron chi connectivity index (χ2n) is 2.66. The summed E-state index contributed by atoms with van der Waals surface area (Å²) < 4.78 is 17.5. The Bertz CT molecular complexity index is 432. The highest BCUT2D eigenvalue weighted by atomic mass is 35.5. The van der Waals surface area contributed by atoms with Crippen LogP contribution in [0.5, 0.6) is 0 Å². The van der Waals surface area contributed by atoms with Crippen LogP contribution in [-0.4, -0.2) is 19.0 Å². The molecular weight excluding hydrogens is 219 g/mol. The third-order valence-corrected chi connectivity index (χ3v) is 1.75. The van der Waals surface area contributed by atoms with Crippen molar-refractivity contribution in [1.82, 2.24) is 0 Å². The number of alkyl halides is 1. The zero-order chi connectivity index (χ0) is 11.3. The first-order valence-electron chi connectivity index (χ1n) is 4.11. The summed E-state index contributed by atoms with van der Waals surface area (Å²) in [6, 6.07) is 3.78. The largest absolute Gasteiger partial charge is 0.465 e. The SMILES string of the molecule is COC(=O)c1cc(F)cc(C#CCCl)c1. The van der Waals surface area contributed by atoms with E-state index in [1.807, 2.05) is 0 Å². The number of ether oxygens (including phenoxy) is 1. The molecule has 1 aromatic carbocycles. The van der Waals surface area contributed by atoms with E-state index >= 15 is 0 Å². The lowest BCUT2D eigenvalue weighted by molar-refractivity contribution is 0.0600. The van der Waals surface area contributed by atoms with Crippen molar-refractivity contribution in [3.8, 4) is 11.8 Å². The lowest BCUT2D eigenvalue weighted by Gasteiger charge is -2.00. The Labute approximate surface area is 92.0 Å². The summed E-state index contributed by atoms with van der Waals surface area (Å²) in [6.07, 6.45) is 0. The molecular formula is C11H8ClFO2. The van der Waals surface area contributed by atoms with Crippen molar-refractivity contribution in [3.63, 3.8) is 0 Å². The number of hydrogen-bond acceptors (Lipinski definition) is 2. The molecule has 0 aromatic heterocycles. The summed E-state index contributed by atoms with van der Waals surface area (Å²) in [5.74, 6) is 4.23. The third kappa shape index (κ3) is 3.26. The Morgan fingerprint density at radius 1 is 1.53 bits per heavy atom. The quantitative estimate of drug-likeness (QED) is 0.417. The number of methoxy groups -OCH3 is 1. The highest BCUT2D eigenvalue weighted by molar-refractivity contribution is 6.19. The maximum Gasteiger partial charge on any atom is 0.337 e. The highest BCUT2D eigenvalue weighted by Gasteiger charge is 2.07. The van der Waals surface area contributed by atoms with Gasteiger partial charge in [0.05, 0.1) is 18.6 Å². The van der Waals surface area contributed by atoms with Gasteiger partial charge in [0.15, 0.2) is 0 Å². The van der Waals surface area contributed by atoms with Gasteiger partial charge in [0, 0.05) is 5.56 Å². The molecule has 0 unspecified atom stereocenters. The number of hydrogen-bond donors (Lipinski definition) is 0. The molecule has 0 aliphatic carbocycles. The van der Waals surface area contributed by atoms with Crippen LogP contribution in [-0.2, 0) is 4.74 Å². The molecule has 15 heavy (non-hydrogen) atoms. The lowest BCUT2D eigenvalue weighted by atomic mass is 10.1. The summed E-state index contributed by atoms with van der Waals surface area (Å²) in [4.78, 5) is 11.1. The van der Waals surface area contributed by atoms with Crippen LogP contribution in [0, 0.1) is 17.7 Å². The maximum atomic E-state index is 13.0. The zero-order valence-electron chi connectivity index (χ0n) is 8.01. The molecule has 2 nitrogen and oxygen atoms in total. The van der Waals surface area contributed by atoms with Crippen LogP contribution in [0.4, 0.5) is 4.39 Å². The van der Waals surface area contributed by atoms with Gasteiger partial charge in [-0.3, -0.25) is 0 Å². The average molecular weight is 227 g/mol. The van der Waals surface area contributed by atoms with Gasteiger partial charge in [-0.25, -0.2) is 9.18 Å². The van der Waals surface area contributed by atoms with Crippen molar-refractivity contribution in [3.05, 3.63) is 35.1 Å². The van der Waals surface area contributed by atoms with E-state index in [1.54, 1.807) is 0 Å². The van der Waals surface area contributed by atoms with Crippen LogP contribution in [0.15, 0.2) is 18.2 Å². The predicted molar refractivity (Wildman–Crippen MR) is 55.3 cm³/mol. The normalized spacial score (nSPS) is 9.00. The molecule has 0 fully saturated rings. The molecule has 0 aliphatic heterocycles. The number of rotatable bonds is 1.